The maximum Gasteiger partial charge on any atom is 0.0987 e. The molecule has 0 aliphatic carbocycles. The molecule has 60 valence electrons. The minimum Gasteiger partial charge on any atom is -0.261 e. The van der Waals surface area contributed by atoms with Gasteiger partial charge < -0.3 is 0 Å². The van der Waals surface area contributed by atoms with E-state index in [2.05, 4.69) is 9.97 Å². The molecule has 0 aliphatic heterocycles. The Morgan fingerprint density at radius 3 is 2.92 bits per heavy atom. The highest BCUT2D eigenvalue weighted by molar-refractivity contribution is 7.13. The largest absolute Gasteiger partial charge is 0.261 e. The summed E-state index contributed by atoms with van der Waals surface area (Å²) < 4.78 is 0. The molecule has 12 heavy (non-hydrogen) atoms. The van der Waals surface area contributed by atoms with Crippen molar-refractivity contribution in [1.82, 2.24) is 9.97 Å². The molecule has 0 saturated heterocycles. The summed E-state index contributed by atoms with van der Waals surface area (Å²) in [7, 11) is 0. The van der Waals surface area contributed by atoms with E-state index in [9.17, 15) is 0 Å². The lowest BCUT2D eigenvalue weighted by Crippen LogP contribution is -1.85. The number of hydrogen-bond donors (Lipinski definition) is 0. The van der Waals surface area contributed by atoms with Gasteiger partial charge in [-0.25, -0.2) is 4.98 Å². The second-order valence-electron chi connectivity index (χ2n) is 2.52. The smallest absolute Gasteiger partial charge is 0.0987 e. The monoisotopic (exact) mass is 176 g/mol. The van der Waals surface area contributed by atoms with Gasteiger partial charge >= 0.3 is 0 Å². The zero-order valence-electron chi connectivity index (χ0n) is 6.69. The van der Waals surface area contributed by atoms with Gasteiger partial charge in [-0.1, -0.05) is 6.07 Å². The van der Waals surface area contributed by atoms with E-state index < -0.39 is 0 Å². The molecule has 0 N–H and O–H groups in total. The first-order valence-electron chi connectivity index (χ1n) is 3.69. The van der Waals surface area contributed by atoms with Crippen LogP contribution in [0.5, 0.6) is 0 Å². The molecular formula is C9H8N2S. The zero-order valence-corrected chi connectivity index (χ0v) is 7.51. The normalized spacial score (nSPS) is 10.1. The number of hydrogen-bond acceptors (Lipinski definition) is 3. The van der Waals surface area contributed by atoms with Crippen molar-refractivity contribution in [3.63, 3.8) is 0 Å². The van der Waals surface area contributed by atoms with Crippen molar-refractivity contribution in [1.29, 1.82) is 0 Å². The van der Waals surface area contributed by atoms with Crippen molar-refractivity contribution in [2.45, 2.75) is 6.92 Å². The van der Waals surface area contributed by atoms with Gasteiger partial charge in [0.1, 0.15) is 0 Å². The topological polar surface area (TPSA) is 25.8 Å². The van der Waals surface area contributed by atoms with Gasteiger partial charge in [-0.15, -0.1) is 11.3 Å². The highest BCUT2D eigenvalue weighted by Gasteiger charge is 1.99. The van der Waals surface area contributed by atoms with Crippen LogP contribution in [0.1, 0.15) is 5.69 Å². The summed E-state index contributed by atoms with van der Waals surface area (Å²) in [5.74, 6) is 0. The molecule has 0 saturated carbocycles. The molecule has 2 nitrogen and oxygen atoms in total. The average Bonchev–Trinajstić information content (AvgIpc) is 2.56. The van der Waals surface area contributed by atoms with Crippen molar-refractivity contribution in [2.75, 3.05) is 0 Å². The van der Waals surface area contributed by atoms with Gasteiger partial charge in [-0.2, -0.15) is 0 Å². The maximum absolute atomic E-state index is 4.36. The molecule has 0 unspecified atom stereocenters. The molecule has 0 fully saturated rings. The second-order valence-corrected chi connectivity index (χ2v) is 3.47. The van der Waals surface area contributed by atoms with E-state index in [1.165, 1.54) is 4.88 Å². The number of thiophene rings is 1. The molecule has 3 heteroatoms. The Morgan fingerprint density at radius 2 is 2.25 bits per heavy atom. The van der Waals surface area contributed by atoms with Gasteiger partial charge in [0.25, 0.3) is 0 Å². The van der Waals surface area contributed by atoms with Crippen molar-refractivity contribution in [3.05, 3.63) is 35.6 Å². The number of aryl methyl sites for hydroxylation is 1. The highest BCUT2D eigenvalue weighted by atomic mass is 32.1. The molecule has 0 aromatic carbocycles. The van der Waals surface area contributed by atoms with E-state index >= 15 is 0 Å². The maximum atomic E-state index is 4.36. The predicted octanol–water partition coefficient (Wildman–Crippen LogP) is 2.51. The van der Waals surface area contributed by atoms with Crippen LogP contribution < -0.4 is 0 Å². The summed E-state index contributed by atoms with van der Waals surface area (Å²) in [6.07, 6.45) is 3.55. The molecule has 0 bridgehead atoms. The lowest BCUT2D eigenvalue weighted by molar-refractivity contribution is 1.13. The Hall–Kier alpha value is -1.22. The summed E-state index contributed by atoms with van der Waals surface area (Å²) in [6, 6.07) is 4.07. The summed E-state index contributed by atoms with van der Waals surface area (Å²) >= 11 is 1.68. The van der Waals surface area contributed by atoms with E-state index in [-0.39, 0.29) is 0 Å². The van der Waals surface area contributed by atoms with Crippen molar-refractivity contribution in [2.24, 2.45) is 0 Å². The quantitative estimate of drug-likeness (QED) is 0.667. The third-order valence-electron chi connectivity index (χ3n) is 1.53. The zero-order chi connectivity index (χ0) is 8.39. The Morgan fingerprint density at radius 1 is 1.33 bits per heavy atom. The molecule has 2 heterocycles. The van der Waals surface area contributed by atoms with Gasteiger partial charge in [0.15, 0.2) is 0 Å². The highest BCUT2D eigenvalue weighted by Crippen LogP contribution is 2.21. The standard InChI is InChI=1S/C9H8N2S/c1-7-5-10-6-8(11-7)9-3-2-4-12-9/h2-6H,1H3. The van der Waals surface area contributed by atoms with Crippen LogP contribution in [0.3, 0.4) is 0 Å². The molecule has 0 radical (unpaired) electrons. The fourth-order valence-corrected chi connectivity index (χ4v) is 1.69. The summed E-state index contributed by atoms with van der Waals surface area (Å²) in [5, 5.41) is 2.04. The van der Waals surface area contributed by atoms with Gasteiger partial charge in [0.2, 0.25) is 0 Å². The molecule has 0 aliphatic rings. The Labute approximate surface area is 74.9 Å². The number of aromatic nitrogens is 2. The van der Waals surface area contributed by atoms with E-state index in [4.69, 9.17) is 0 Å². The summed E-state index contributed by atoms with van der Waals surface area (Å²) in [4.78, 5) is 9.62. The SMILES string of the molecule is Cc1cncc(-c2cccs2)n1. The Kier molecular flexibility index (Phi) is 1.87. The first kappa shape index (κ1) is 7.43. The van der Waals surface area contributed by atoms with Gasteiger partial charge in [-0.05, 0) is 18.4 Å². The van der Waals surface area contributed by atoms with Gasteiger partial charge in [0.05, 0.1) is 22.5 Å². The first-order chi connectivity index (χ1) is 5.86. The fraction of sp³-hybridized carbons (Fsp3) is 0.111. The van der Waals surface area contributed by atoms with Crippen molar-refractivity contribution in [3.8, 4) is 10.6 Å². The summed E-state index contributed by atoms with van der Waals surface area (Å²) in [5.41, 5.74) is 1.92. The first-order valence-corrected chi connectivity index (χ1v) is 4.57. The predicted molar refractivity (Wildman–Crippen MR) is 50.1 cm³/mol. The molecule has 2 rings (SSSR count). The Bertz CT molecular complexity index is 368. The van der Waals surface area contributed by atoms with E-state index in [1.807, 2.05) is 24.4 Å². The van der Waals surface area contributed by atoms with E-state index in [1.54, 1.807) is 23.7 Å². The molecular weight excluding hydrogens is 168 g/mol. The van der Waals surface area contributed by atoms with Crippen LogP contribution in [-0.4, -0.2) is 9.97 Å². The minimum atomic E-state index is 0.959. The van der Waals surface area contributed by atoms with E-state index in [0.717, 1.165) is 11.4 Å². The lowest BCUT2D eigenvalue weighted by atomic mass is 10.3. The van der Waals surface area contributed by atoms with Crippen molar-refractivity contribution < 1.29 is 0 Å². The summed E-state index contributed by atoms with van der Waals surface area (Å²) in [6.45, 7) is 1.95. The molecule has 0 amide bonds. The molecule has 2 aromatic heterocycles. The lowest BCUT2D eigenvalue weighted by Gasteiger charge is -1.95. The van der Waals surface area contributed by atoms with Gasteiger partial charge in [-0.3, -0.25) is 4.98 Å². The van der Waals surface area contributed by atoms with Crippen LogP contribution in [0.15, 0.2) is 29.9 Å². The molecule has 2 aromatic rings. The van der Waals surface area contributed by atoms with Crippen LogP contribution in [0.2, 0.25) is 0 Å². The van der Waals surface area contributed by atoms with E-state index in [0.29, 0.717) is 0 Å². The second kappa shape index (κ2) is 3.03. The van der Waals surface area contributed by atoms with Crippen LogP contribution in [0, 0.1) is 6.92 Å². The molecule has 0 atom stereocenters. The average molecular weight is 176 g/mol. The number of nitrogens with zero attached hydrogens (tertiary/aromatic N) is 2. The molecule has 0 spiro atoms. The number of rotatable bonds is 1. The minimum absolute atomic E-state index is 0.959. The van der Waals surface area contributed by atoms with Gasteiger partial charge in [0, 0.05) is 6.20 Å². The van der Waals surface area contributed by atoms with Crippen LogP contribution >= 0.6 is 11.3 Å². The fourth-order valence-electron chi connectivity index (χ4n) is 1.01. The third kappa shape index (κ3) is 1.36. The van der Waals surface area contributed by atoms with Crippen LogP contribution in [-0.2, 0) is 0 Å². The third-order valence-corrected chi connectivity index (χ3v) is 2.42. The van der Waals surface area contributed by atoms with Crippen LogP contribution in [0.25, 0.3) is 10.6 Å². The Balaban J connectivity index is 2.48. The van der Waals surface area contributed by atoms with Crippen LogP contribution in [0.4, 0.5) is 0 Å². The van der Waals surface area contributed by atoms with Crippen molar-refractivity contribution >= 4 is 11.3 Å².